The summed E-state index contributed by atoms with van der Waals surface area (Å²) in [6.07, 6.45) is -3.97. The third kappa shape index (κ3) is 4.43. The number of aliphatic hydroxyl groups excluding tert-OH is 4. The van der Waals surface area contributed by atoms with Crippen molar-refractivity contribution in [3.63, 3.8) is 0 Å². The summed E-state index contributed by atoms with van der Waals surface area (Å²) in [5.74, 6) is -0.273. The van der Waals surface area contributed by atoms with Gasteiger partial charge in [-0.15, -0.1) is 16.4 Å². The highest BCUT2D eigenvalue weighted by atomic mass is 32.1. The fourth-order valence-electron chi connectivity index (χ4n) is 3.45. The van der Waals surface area contributed by atoms with Crippen molar-refractivity contribution in [2.24, 2.45) is 0 Å². The maximum absolute atomic E-state index is 13.1. The zero-order valence-corrected chi connectivity index (χ0v) is 16.7. The summed E-state index contributed by atoms with van der Waals surface area (Å²) in [6.45, 7) is 0.0243. The molecule has 0 amide bonds. The van der Waals surface area contributed by atoms with Gasteiger partial charge in [0.2, 0.25) is 0 Å². The molecule has 3 aromatic rings. The summed E-state index contributed by atoms with van der Waals surface area (Å²) >= 11 is 1.57. The zero-order valence-electron chi connectivity index (χ0n) is 15.9. The topological polar surface area (TPSA) is 121 Å². The highest BCUT2D eigenvalue weighted by Gasteiger charge is 2.43. The molecule has 1 aliphatic rings. The Morgan fingerprint density at radius 3 is 2.47 bits per heavy atom. The Kier molecular flexibility index (Phi) is 6.23. The summed E-state index contributed by atoms with van der Waals surface area (Å²) in [6, 6.07) is 10.3. The molecule has 0 radical (unpaired) electrons. The first kappa shape index (κ1) is 21.0. The number of thiophene rings is 1. The number of halogens is 1. The van der Waals surface area contributed by atoms with Crippen molar-refractivity contribution in [1.82, 2.24) is 15.0 Å². The van der Waals surface area contributed by atoms with Gasteiger partial charge in [-0.2, -0.15) is 0 Å². The summed E-state index contributed by atoms with van der Waals surface area (Å²) in [5, 5.41) is 47.4. The Labute approximate surface area is 175 Å². The maximum Gasteiger partial charge on any atom is 0.123 e. The van der Waals surface area contributed by atoms with Crippen molar-refractivity contribution in [3.05, 3.63) is 59.0 Å². The van der Waals surface area contributed by atoms with Crippen LogP contribution in [0.2, 0.25) is 0 Å². The first-order chi connectivity index (χ1) is 14.4. The number of nitrogens with zero attached hydrogens (tertiary/aromatic N) is 3. The van der Waals surface area contributed by atoms with Gasteiger partial charge in [-0.1, -0.05) is 17.3 Å². The van der Waals surface area contributed by atoms with Gasteiger partial charge in [0, 0.05) is 22.4 Å². The molecular formula is C20H22FN3O5S. The van der Waals surface area contributed by atoms with Crippen LogP contribution in [0.1, 0.15) is 10.6 Å². The monoisotopic (exact) mass is 435 g/mol. The molecule has 1 fully saturated rings. The van der Waals surface area contributed by atoms with E-state index in [4.69, 9.17) is 4.74 Å². The lowest BCUT2D eigenvalue weighted by molar-refractivity contribution is -0.228. The predicted octanol–water partition coefficient (Wildman–Crippen LogP) is 0.579. The van der Waals surface area contributed by atoms with Crippen LogP contribution >= 0.6 is 11.3 Å². The molecular weight excluding hydrogens is 413 g/mol. The highest BCUT2D eigenvalue weighted by molar-refractivity contribution is 7.15. The number of rotatable bonds is 6. The lowest BCUT2D eigenvalue weighted by Crippen LogP contribution is -2.59. The third-order valence-electron chi connectivity index (χ3n) is 5.10. The molecule has 0 aliphatic carbocycles. The van der Waals surface area contributed by atoms with Gasteiger partial charge < -0.3 is 25.2 Å². The van der Waals surface area contributed by atoms with Crippen LogP contribution in [0, 0.1) is 5.82 Å². The molecule has 1 aliphatic heterocycles. The molecule has 1 saturated heterocycles. The number of ether oxygens (including phenoxy) is 1. The Morgan fingerprint density at radius 2 is 1.73 bits per heavy atom. The predicted molar refractivity (Wildman–Crippen MR) is 106 cm³/mol. The lowest BCUT2D eigenvalue weighted by atomic mass is 9.93. The van der Waals surface area contributed by atoms with Gasteiger partial charge in [0.1, 0.15) is 30.2 Å². The van der Waals surface area contributed by atoms with Crippen molar-refractivity contribution in [3.8, 4) is 10.4 Å². The van der Waals surface area contributed by atoms with E-state index in [9.17, 15) is 24.8 Å². The SMILES string of the molecule is OC[C@H]1O[C@@H](Cc2cn(Cc3ccc(-c4ccc(F)cc4)s3)nn2)[C@H](O)[C@@H](O)[C@@H]1O. The summed E-state index contributed by atoms with van der Waals surface area (Å²) in [4.78, 5) is 2.06. The quantitative estimate of drug-likeness (QED) is 0.447. The van der Waals surface area contributed by atoms with Crippen molar-refractivity contribution in [1.29, 1.82) is 0 Å². The second-order valence-corrected chi connectivity index (χ2v) is 8.42. The second-order valence-electron chi connectivity index (χ2n) is 7.25. The standard InChI is InChI=1S/C20H22FN3O5S/c21-12-3-1-11(2-4-12)17-6-5-14(30-17)9-24-8-13(22-23-24)7-15-18(26)20(28)19(27)16(10-25)29-15/h1-6,8,15-16,18-20,25-28H,7,9-10H2/t15-,16+,18-,19+,20+/m0/s1. The van der Waals surface area contributed by atoms with Crippen molar-refractivity contribution in [2.45, 2.75) is 43.5 Å². The van der Waals surface area contributed by atoms with E-state index in [1.165, 1.54) is 12.1 Å². The minimum absolute atomic E-state index is 0.173. The molecule has 8 nitrogen and oxygen atoms in total. The van der Waals surface area contributed by atoms with Gasteiger partial charge in [-0.25, -0.2) is 9.07 Å². The number of aliphatic hydroxyl groups is 4. The van der Waals surface area contributed by atoms with Crippen LogP contribution in [0.3, 0.4) is 0 Å². The first-order valence-electron chi connectivity index (χ1n) is 9.49. The average Bonchev–Trinajstić information content (AvgIpc) is 3.39. The number of hydrogen-bond donors (Lipinski definition) is 4. The minimum atomic E-state index is -1.41. The molecule has 2 aromatic heterocycles. The molecule has 3 heterocycles. The van der Waals surface area contributed by atoms with Crippen LogP contribution in [-0.2, 0) is 17.7 Å². The van der Waals surface area contributed by atoms with Crippen LogP contribution in [0.25, 0.3) is 10.4 Å². The number of hydrogen-bond acceptors (Lipinski definition) is 8. The Hall–Kier alpha value is -2.21. The van der Waals surface area contributed by atoms with Crippen molar-refractivity contribution >= 4 is 11.3 Å². The van der Waals surface area contributed by atoms with E-state index in [1.54, 1.807) is 34.3 Å². The van der Waals surface area contributed by atoms with E-state index in [1.807, 2.05) is 12.1 Å². The summed E-state index contributed by atoms with van der Waals surface area (Å²) in [7, 11) is 0. The number of aromatic nitrogens is 3. The molecule has 0 unspecified atom stereocenters. The maximum atomic E-state index is 13.1. The van der Waals surface area contributed by atoms with E-state index in [0.29, 0.717) is 12.2 Å². The Balaban J connectivity index is 1.40. The largest absolute Gasteiger partial charge is 0.394 e. The van der Waals surface area contributed by atoms with Crippen LogP contribution in [0.4, 0.5) is 4.39 Å². The molecule has 5 atom stereocenters. The molecule has 1 aromatic carbocycles. The second kappa shape index (κ2) is 8.88. The number of benzene rings is 1. The van der Waals surface area contributed by atoms with E-state index in [-0.39, 0.29) is 12.2 Å². The van der Waals surface area contributed by atoms with Crippen LogP contribution < -0.4 is 0 Å². The van der Waals surface area contributed by atoms with Gasteiger partial charge in [0.15, 0.2) is 0 Å². The highest BCUT2D eigenvalue weighted by Crippen LogP contribution is 2.29. The van der Waals surface area contributed by atoms with Gasteiger partial charge in [0.25, 0.3) is 0 Å². The van der Waals surface area contributed by atoms with Gasteiger partial charge in [0.05, 0.1) is 24.9 Å². The van der Waals surface area contributed by atoms with Crippen LogP contribution in [0.15, 0.2) is 42.6 Å². The molecule has 4 N–H and O–H groups in total. The van der Waals surface area contributed by atoms with Crippen LogP contribution in [-0.4, -0.2) is 72.5 Å². The summed E-state index contributed by atoms with van der Waals surface area (Å²) in [5.41, 5.74) is 1.49. The van der Waals surface area contributed by atoms with Crippen molar-refractivity contribution in [2.75, 3.05) is 6.61 Å². The van der Waals surface area contributed by atoms with Gasteiger partial charge >= 0.3 is 0 Å². The Morgan fingerprint density at radius 1 is 1.00 bits per heavy atom. The third-order valence-corrected chi connectivity index (χ3v) is 6.21. The average molecular weight is 435 g/mol. The van der Waals surface area contributed by atoms with Gasteiger partial charge in [-0.05, 0) is 29.8 Å². The van der Waals surface area contributed by atoms with Crippen LogP contribution in [0.5, 0.6) is 0 Å². The van der Waals surface area contributed by atoms with E-state index < -0.39 is 37.1 Å². The lowest BCUT2D eigenvalue weighted by Gasteiger charge is -2.39. The summed E-state index contributed by atoms with van der Waals surface area (Å²) < 4.78 is 20.3. The molecule has 4 rings (SSSR count). The van der Waals surface area contributed by atoms with E-state index in [0.717, 1.165) is 15.3 Å². The molecule has 0 saturated carbocycles. The zero-order chi connectivity index (χ0) is 21.3. The molecule has 160 valence electrons. The smallest absolute Gasteiger partial charge is 0.123 e. The normalized spacial score (nSPS) is 26.8. The van der Waals surface area contributed by atoms with E-state index in [2.05, 4.69) is 10.3 Å². The van der Waals surface area contributed by atoms with Crippen molar-refractivity contribution < 1.29 is 29.6 Å². The molecule has 10 heteroatoms. The first-order valence-corrected chi connectivity index (χ1v) is 10.3. The van der Waals surface area contributed by atoms with Gasteiger partial charge in [-0.3, -0.25) is 0 Å². The molecule has 30 heavy (non-hydrogen) atoms. The minimum Gasteiger partial charge on any atom is -0.394 e. The fraction of sp³-hybridized carbons (Fsp3) is 0.400. The molecule has 0 bridgehead atoms. The van der Waals surface area contributed by atoms with E-state index >= 15 is 0 Å². The molecule has 0 spiro atoms. The fourth-order valence-corrected chi connectivity index (χ4v) is 4.46. The Bertz CT molecular complexity index is 977.